The molecule has 2 aromatic carbocycles. The van der Waals surface area contributed by atoms with E-state index in [1.165, 1.54) is 0 Å². The fraction of sp³-hybridized carbons (Fsp3) is 0.273. The Hall–Kier alpha value is -2.81. The predicted molar refractivity (Wildman–Crippen MR) is 112 cm³/mol. The molecule has 0 amide bonds. The standard InChI is InChI=1S/C22H21N3O2.ClH/c1-15-10-22(25-9-8-18(26)13-25)20-7-6-19(11-21(20)24-15)27-14-17-4-2-16(12-23)3-5-17;/h2-7,10-11,18,26H,8-9,13-14H2,1H3;1H. The molecule has 1 aliphatic heterocycles. The highest BCUT2D eigenvalue weighted by molar-refractivity contribution is 5.93. The molecular formula is C22H22ClN3O2. The van der Waals surface area contributed by atoms with Gasteiger partial charge in [0.1, 0.15) is 12.4 Å². The second-order valence-corrected chi connectivity index (χ2v) is 6.95. The van der Waals surface area contributed by atoms with Crippen molar-refractivity contribution in [3.05, 3.63) is 65.4 Å². The highest BCUT2D eigenvalue weighted by atomic mass is 35.5. The number of aryl methyl sites for hydroxylation is 1. The normalized spacial score (nSPS) is 15.9. The third-order valence-electron chi connectivity index (χ3n) is 4.88. The summed E-state index contributed by atoms with van der Waals surface area (Å²) in [6.45, 7) is 3.94. The van der Waals surface area contributed by atoms with Crippen LogP contribution in [0.4, 0.5) is 5.69 Å². The molecule has 0 saturated carbocycles. The van der Waals surface area contributed by atoms with Crippen LogP contribution in [0.5, 0.6) is 5.75 Å². The van der Waals surface area contributed by atoms with Crippen LogP contribution in [-0.4, -0.2) is 29.3 Å². The molecule has 1 N–H and O–H groups in total. The van der Waals surface area contributed by atoms with Gasteiger partial charge in [0.2, 0.25) is 0 Å². The summed E-state index contributed by atoms with van der Waals surface area (Å²) in [4.78, 5) is 6.88. The quantitative estimate of drug-likeness (QED) is 0.723. The number of hydrogen-bond donors (Lipinski definition) is 1. The lowest BCUT2D eigenvalue weighted by molar-refractivity contribution is 0.198. The number of halogens is 1. The molecule has 0 radical (unpaired) electrons. The molecule has 28 heavy (non-hydrogen) atoms. The van der Waals surface area contributed by atoms with Crippen molar-refractivity contribution in [2.75, 3.05) is 18.0 Å². The van der Waals surface area contributed by atoms with Crippen LogP contribution in [0.15, 0.2) is 48.5 Å². The maximum absolute atomic E-state index is 9.86. The minimum Gasteiger partial charge on any atom is -0.489 e. The van der Waals surface area contributed by atoms with Gasteiger partial charge in [0.05, 0.1) is 23.3 Å². The molecule has 5 nitrogen and oxygen atoms in total. The van der Waals surface area contributed by atoms with Crippen molar-refractivity contribution < 1.29 is 9.84 Å². The zero-order chi connectivity index (χ0) is 18.8. The molecular weight excluding hydrogens is 374 g/mol. The van der Waals surface area contributed by atoms with Crippen LogP contribution in [0.25, 0.3) is 10.9 Å². The van der Waals surface area contributed by atoms with E-state index in [1.54, 1.807) is 12.1 Å². The van der Waals surface area contributed by atoms with Crippen molar-refractivity contribution >= 4 is 29.0 Å². The minimum atomic E-state index is -0.261. The Morgan fingerprint density at radius 2 is 2.00 bits per heavy atom. The molecule has 1 aliphatic rings. The van der Waals surface area contributed by atoms with Crippen LogP contribution in [0.1, 0.15) is 23.2 Å². The summed E-state index contributed by atoms with van der Waals surface area (Å²) in [6, 6.07) is 17.5. The average Bonchev–Trinajstić information content (AvgIpc) is 3.12. The number of anilines is 1. The zero-order valence-corrected chi connectivity index (χ0v) is 16.4. The van der Waals surface area contributed by atoms with E-state index in [4.69, 9.17) is 10.00 Å². The fourth-order valence-corrected chi connectivity index (χ4v) is 3.47. The van der Waals surface area contributed by atoms with E-state index in [0.717, 1.165) is 46.6 Å². The van der Waals surface area contributed by atoms with Crippen LogP contribution in [0.3, 0.4) is 0 Å². The van der Waals surface area contributed by atoms with Gasteiger partial charge in [0.15, 0.2) is 0 Å². The number of ether oxygens (including phenoxy) is 1. The Balaban J connectivity index is 0.00000225. The topological polar surface area (TPSA) is 69.4 Å². The maximum Gasteiger partial charge on any atom is 0.122 e. The van der Waals surface area contributed by atoms with Gasteiger partial charge >= 0.3 is 0 Å². The lowest BCUT2D eigenvalue weighted by atomic mass is 10.1. The van der Waals surface area contributed by atoms with E-state index in [1.807, 2.05) is 37.3 Å². The van der Waals surface area contributed by atoms with E-state index in [2.05, 4.69) is 22.0 Å². The molecule has 0 aliphatic carbocycles. The first-order valence-corrected chi connectivity index (χ1v) is 9.08. The van der Waals surface area contributed by atoms with E-state index >= 15 is 0 Å². The number of rotatable bonds is 4. The van der Waals surface area contributed by atoms with Gasteiger partial charge in [0.25, 0.3) is 0 Å². The van der Waals surface area contributed by atoms with Crippen molar-refractivity contribution in [1.29, 1.82) is 5.26 Å². The van der Waals surface area contributed by atoms with Crippen LogP contribution < -0.4 is 9.64 Å². The fourth-order valence-electron chi connectivity index (χ4n) is 3.47. The van der Waals surface area contributed by atoms with Gasteiger partial charge in [-0.2, -0.15) is 5.26 Å². The summed E-state index contributed by atoms with van der Waals surface area (Å²) >= 11 is 0. The number of hydrogen-bond acceptors (Lipinski definition) is 5. The first-order chi connectivity index (χ1) is 13.1. The van der Waals surface area contributed by atoms with Crippen LogP contribution in [0, 0.1) is 18.3 Å². The van der Waals surface area contributed by atoms with Gasteiger partial charge in [-0.1, -0.05) is 12.1 Å². The van der Waals surface area contributed by atoms with Crippen LogP contribution in [0.2, 0.25) is 0 Å². The van der Waals surface area contributed by atoms with Crippen LogP contribution >= 0.6 is 12.4 Å². The highest BCUT2D eigenvalue weighted by Gasteiger charge is 2.22. The molecule has 1 saturated heterocycles. The van der Waals surface area contributed by atoms with Crippen molar-refractivity contribution in [3.8, 4) is 11.8 Å². The number of benzene rings is 2. The largest absolute Gasteiger partial charge is 0.489 e. The monoisotopic (exact) mass is 395 g/mol. The van der Waals surface area contributed by atoms with Gasteiger partial charge < -0.3 is 14.7 Å². The molecule has 1 aromatic heterocycles. The SMILES string of the molecule is Cc1cc(N2CCC(O)C2)c2ccc(OCc3ccc(C#N)cc3)cc2n1.Cl. The zero-order valence-electron chi connectivity index (χ0n) is 15.6. The van der Waals surface area contributed by atoms with E-state index < -0.39 is 0 Å². The smallest absolute Gasteiger partial charge is 0.122 e. The van der Waals surface area contributed by atoms with E-state index in [-0.39, 0.29) is 18.5 Å². The summed E-state index contributed by atoms with van der Waals surface area (Å²) in [6.07, 6.45) is 0.540. The average molecular weight is 396 g/mol. The number of nitrogens with zero attached hydrogens (tertiary/aromatic N) is 3. The molecule has 6 heteroatoms. The summed E-state index contributed by atoms with van der Waals surface area (Å²) in [5.41, 5.74) is 4.61. The lowest BCUT2D eigenvalue weighted by Gasteiger charge is -2.20. The van der Waals surface area contributed by atoms with Gasteiger partial charge in [-0.05, 0) is 49.2 Å². The van der Waals surface area contributed by atoms with Crippen molar-refractivity contribution in [2.24, 2.45) is 0 Å². The Morgan fingerprint density at radius 3 is 2.68 bits per heavy atom. The molecule has 3 aromatic rings. The highest BCUT2D eigenvalue weighted by Crippen LogP contribution is 2.31. The Kier molecular flexibility index (Phi) is 6.03. The van der Waals surface area contributed by atoms with Gasteiger partial charge in [-0.15, -0.1) is 12.4 Å². The number of β-amino-alcohol motifs (C(OH)–C–C–N with tert-alkyl or cyclic N) is 1. The molecule has 1 atom stereocenters. The number of aliphatic hydroxyl groups is 1. The first-order valence-electron chi connectivity index (χ1n) is 9.08. The second kappa shape index (κ2) is 8.47. The molecule has 0 bridgehead atoms. The second-order valence-electron chi connectivity index (χ2n) is 6.95. The number of fused-ring (bicyclic) bond motifs is 1. The van der Waals surface area contributed by atoms with Crippen molar-refractivity contribution in [3.63, 3.8) is 0 Å². The first kappa shape index (κ1) is 19.9. The summed E-state index contributed by atoms with van der Waals surface area (Å²) in [5.74, 6) is 0.761. The van der Waals surface area contributed by atoms with Gasteiger partial charge in [0, 0.05) is 35.9 Å². The molecule has 1 unspecified atom stereocenters. The lowest BCUT2D eigenvalue weighted by Crippen LogP contribution is -2.21. The molecule has 2 heterocycles. The van der Waals surface area contributed by atoms with Gasteiger partial charge in [-0.3, -0.25) is 4.98 Å². The number of aliphatic hydroxyl groups excluding tert-OH is 1. The number of pyridine rings is 1. The minimum absolute atomic E-state index is 0. The van der Waals surface area contributed by atoms with E-state index in [9.17, 15) is 5.11 Å². The predicted octanol–water partition coefficient (Wildman–Crippen LogP) is 3.99. The third kappa shape index (κ3) is 4.19. The Bertz CT molecular complexity index is 1010. The van der Waals surface area contributed by atoms with Crippen molar-refractivity contribution in [2.45, 2.75) is 26.1 Å². The molecule has 4 rings (SSSR count). The summed E-state index contributed by atoms with van der Waals surface area (Å²) in [7, 11) is 0. The third-order valence-corrected chi connectivity index (χ3v) is 4.88. The molecule has 0 spiro atoms. The Morgan fingerprint density at radius 1 is 1.21 bits per heavy atom. The Labute approximate surface area is 170 Å². The number of nitriles is 1. The summed E-state index contributed by atoms with van der Waals surface area (Å²) < 4.78 is 5.92. The van der Waals surface area contributed by atoms with Gasteiger partial charge in [-0.25, -0.2) is 0 Å². The van der Waals surface area contributed by atoms with E-state index in [0.29, 0.717) is 18.7 Å². The van der Waals surface area contributed by atoms with Crippen molar-refractivity contribution in [1.82, 2.24) is 4.98 Å². The molecule has 144 valence electrons. The van der Waals surface area contributed by atoms with Crippen LogP contribution in [-0.2, 0) is 6.61 Å². The number of aromatic nitrogens is 1. The summed E-state index contributed by atoms with van der Waals surface area (Å²) in [5, 5.41) is 19.8. The molecule has 1 fully saturated rings. The maximum atomic E-state index is 9.86.